The first-order chi connectivity index (χ1) is 16.9. The maximum absolute atomic E-state index is 13.1. The maximum atomic E-state index is 13.1. The number of carbonyl (C=O) groups is 3. The summed E-state index contributed by atoms with van der Waals surface area (Å²) >= 11 is 0. The van der Waals surface area contributed by atoms with Crippen LogP contribution in [0.4, 0.5) is 11.4 Å². The van der Waals surface area contributed by atoms with Crippen molar-refractivity contribution in [2.24, 2.45) is 30.7 Å². The molecular formula is C27H24N4O4. The van der Waals surface area contributed by atoms with Crippen LogP contribution in [0.3, 0.4) is 0 Å². The van der Waals surface area contributed by atoms with Gasteiger partial charge in [-0.2, -0.15) is 0 Å². The first-order valence-electron chi connectivity index (χ1n) is 11.7. The summed E-state index contributed by atoms with van der Waals surface area (Å²) in [6.45, 7) is 1.77. The van der Waals surface area contributed by atoms with Crippen LogP contribution in [0, 0.1) is 30.6 Å². The molecule has 3 aliphatic rings. The predicted molar refractivity (Wildman–Crippen MR) is 130 cm³/mol. The summed E-state index contributed by atoms with van der Waals surface area (Å²) < 4.78 is 3.19. The van der Waals surface area contributed by atoms with E-state index in [1.54, 1.807) is 42.9 Å². The number of para-hydroxylation sites is 1. The number of imide groups is 1. The molecule has 176 valence electrons. The third-order valence-electron chi connectivity index (χ3n) is 7.65. The normalized spacial score (nSPS) is 24.3. The van der Waals surface area contributed by atoms with Gasteiger partial charge in [-0.3, -0.25) is 28.8 Å². The number of nitrogens with zero attached hydrogens (tertiary/aromatic N) is 3. The highest BCUT2D eigenvalue weighted by atomic mass is 16.2. The Balaban J connectivity index is 1.24. The molecule has 1 saturated carbocycles. The predicted octanol–water partition coefficient (Wildman–Crippen LogP) is 3.05. The van der Waals surface area contributed by atoms with Crippen molar-refractivity contribution >= 4 is 29.1 Å². The molecule has 6 rings (SSSR count). The van der Waals surface area contributed by atoms with Gasteiger partial charge in [-0.15, -0.1) is 0 Å². The molecule has 3 aromatic rings. The van der Waals surface area contributed by atoms with Gasteiger partial charge in [0.15, 0.2) is 0 Å². The molecule has 1 aromatic heterocycles. The molecule has 1 aliphatic heterocycles. The highest BCUT2D eigenvalue weighted by Crippen LogP contribution is 2.53. The lowest BCUT2D eigenvalue weighted by atomic mass is 9.85. The van der Waals surface area contributed by atoms with Gasteiger partial charge >= 0.3 is 0 Å². The van der Waals surface area contributed by atoms with Crippen molar-refractivity contribution in [1.29, 1.82) is 0 Å². The number of hydrogen-bond donors (Lipinski definition) is 1. The van der Waals surface area contributed by atoms with Gasteiger partial charge < -0.3 is 5.32 Å². The maximum Gasteiger partial charge on any atom is 0.295 e. The Morgan fingerprint density at radius 3 is 2.06 bits per heavy atom. The Kier molecular flexibility index (Phi) is 4.67. The number of benzene rings is 2. The number of amides is 3. The van der Waals surface area contributed by atoms with Crippen LogP contribution >= 0.6 is 0 Å². The quantitative estimate of drug-likeness (QED) is 0.471. The van der Waals surface area contributed by atoms with E-state index in [0.29, 0.717) is 22.6 Å². The first kappa shape index (κ1) is 21.3. The molecule has 0 spiro atoms. The summed E-state index contributed by atoms with van der Waals surface area (Å²) in [7, 11) is 1.76. The average Bonchev–Trinajstić information content (AvgIpc) is 3.60. The summed E-state index contributed by atoms with van der Waals surface area (Å²) in [4.78, 5) is 53.4. The number of nitrogens with one attached hydrogen (secondary N) is 1. The van der Waals surface area contributed by atoms with Gasteiger partial charge in [0.05, 0.1) is 28.9 Å². The first-order valence-corrected chi connectivity index (χ1v) is 11.7. The summed E-state index contributed by atoms with van der Waals surface area (Å²) in [6.07, 6.45) is 5.00. The number of rotatable bonds is 4. The van der Waals surface area contributed by atoms with Crippen molar-refractivity contribution in [3.05, 3.63) is 88.4 Å². The molecule has 0 unspecified atom stereocenters. The highest BCUT2D eigenvalue weighted by Gasteiger charge is 2.59. The van der Waals surface area contributed by atoms with Crippen LogP contribution in [-0.2, 0) is 16.6 Å². The minimum atomic E-state index is -0.444. The van der Waals surface area contributed by atoms with Gasteiger partial charge in [-0.1, -0.05) is 30.4 Å². The second-order valence-corrected chi connectivity index (χ2v) is 9.45. The van der Waals surface area contributed by atoms with Crippen molar-refractivity contribution < 1.29 is 14.4 Å². The number of hydrogen-bond acceptors (Lipinski definition) is 4. The smallest absolute Gasteiger partial charge is 0.295 e. The second kappa shape index (κ2) is 7.66. The van der Waals surface area contributed by atoms with Crippen LogP contribution in [-0.4, -0.2) is 27.1 Å². The molecule has 1 N–H and O–H groups in total. The fourth-order valence-electron chi connectivity index (χ4n) is 5.82. The zero-order chi connectivity index (χ0) is 24.4. The summed E-state index contributed by atoms with van der Waals surface area (Å²) in [5.41, 5.74) is 1.97. The van der Waals surface area contributed by atoms with E-state index in [2.05, 4.69) is 17.5 Å². The molecule has 8 heteroatoms. The Labute approximate surface area is 201 Å². The summed E-state index contributed by atoms with van der Waals surface area (Å²) in [6, 6.07) is 15.6. The van der Waals surface area contributed by atoms with E-state index in [-0.39, 0.29) is 46.7 Å². The lowest BCUT2D eigenvalue weighted by Crippen LogP contribution is -2.32. The minimum Gasteiger partial charge on any atom is -0.316 e. The van der Waals surface area contributed by atoms with Crippen molar-refractivity contribution in [3.8, 4) is 5.69 Å². The molecular weight excluding hydrogens is 444 g/mol. The zero-order valence-corrected chi connectivity index (χ0v) is 19.3. The Morgan fingerprint density at radius 1 is 0.857 bits per heavy atom. The van der Waals surface area contributed by atoms with Gasteiger partial charge in [-0.25, -0.2) is 4.68 Å². The number of fused-ring (bicyclic) bond motifs is 5. The zero-order valence-electron chi connectivity index (χ0n) is 19.3. The molecule has 2 aliphatic carbocycles. The molecule has 2 heterocycles. The number of carbonyl (C=O) groups excluding carboxylic acids is 3. The SMILES string of the molecule is Cc1c(NC(=O)c2ccc(N3C(=O)[C@H]4[C@H](C3=O)[C@H]3C=C[C@H]4C3)cc2)c(=O)n(-c2ccccc2)n1C. The van der Waals surface area contributed by atoms with E-state index in [1.165, 1.54) is 9.58 Å². The highest BCUT2D eigenvalue weighted by molar-refractivity contribution is 6.23. The molecule has 3 amide bonds. The molecule has 35 heavy (non-hydrogen) atoms. The molecule has 8 nitrogen and oxygen atoms in total. The molecule has 0 radical (unpaired) electrons. The Morgan fingerprint density at radius 2 is 1.46 bits per heavy atom. The molecule has 1 saturated heterocycles. The van der Waals surface area contributed by atoms with Gasteiger partial charge in [0.1, 0.15) is 5.69 Å². The third kappa shape index (κ3) is 3.06. The fourth-order valence-corrected chi connectivity index (χ4v) is 5.82. The van der Waals surface area contributed by atoms with E-state index >= 15 is 0 Å². The molecule has 2 bridgehead atoms. The number of anilines is 2. The van der Waals surface area contributed by atoms with E-state index in [0.717, 1.165) is 6.42 Å². The van der Waals surface area contributed by atoms with Crippen molar-refractivity contribution in [2.45, 2.75) is 13.3 Å². The van der Waals surface area contributed by atoms with Crippen LogP contribution in [0.25, 0.3) is 5.69 Å². The number of aromatic nitrogens is 2. The monoisotopic (exact) mass is 468 g/mol. The molecule has 2 aromatic carbocycles. The lowest BCUT2D eigenvalue weighted by molar-refractivity contribution is -0.123. The van der Waals surface area contributed by atoms with Gasteiger partial charge in [-0.05, 0) is 61.6 Å². The van der Waals surface area contributed by atoms with E-state index in [9.17, 15) is 19.2 Å². The van der Waals surface area contributed by atoms with Crippen LogP contribution in [0.5, 0.6) is 0 Å². The van der Waals surface area contributed by atoms with E-state index in [4.69, 9.17) is 0 Å². The lowest BCUT2D eigenvalue weighted by Gasteiger charge is -2.17. The van der Waals surface area contributed by atoms with E-state index in [1.807, 2.05) is 30.3 Å². The Bertz CT molecular complexity index is 1440. The van der Waals surface area contributed by atoms with Gasteiger partial charge in [0, 0.05) is 12.6 Å². The standard InChI is InChI=1S/C27H24N4O4/c1-15-23(27(35)31(29(15)2)20-6-4-3-5-7-20)28-24(32)16-10-12-19(13-11-16)30-25(33)21-17-8-9-18(14-17)22(21)26(30)34/h3-13,17-18,21-22H,14H2,1-2H3,(H,28,32)/t17-,18-,21+,22+/m0/s1. The van der Waals surface area contributed by atoms with Crippen LogP contribution in [0.1, 0.15) is 22.5 Å². The van der Waals surface area contributed by atoms with Crippen molar-refractivity contribution in [2.75, 3.05) is 10.2 Å². The van der Waals surface area contributed by atoms with Crippen molar-refractivity contribution in [1.82, 2.24) is 9.36 Å². The second-order valence-electron chi connectivity index (χ2n) is 9.45. The third-order valence-corrected chi connectivity index (χ3v) is 7.65. The van der Waals surface area contributed by atoms with Crippen LogP contribution in [0.15, 0.2) is 71.5 Å². The molecule has 4 atom stereocenters. The summed E-state index contributed by atoms with van der Waals surface area (Å²) in [5.74, 6) is -1.01. The van der Waals surface area contributed by atoms with Crippen LogP contribution in [0.2, 0.25) is 0 Å². The van der Waals surface area contributed by atoms with Gasteiger partial charge in [0.25, 0.3) is 11.5 Å². The van der Waals surface area contributed by atoms with E-state index < -0.39 is 5.91 Å². The van der Waals surface area contributed by atoms with Crippen molar-refractivity contribution in [3.63, 3.8) is 0 Å². The largest absolute Gasteiger partial charge is 0.316 e. The number of allylic oxidation sites excluding steroid dienone is 2. The Hall–Kier alpha value is -4.20. The topological polar surface area (TPSA) is 93.4 Å². The van der Waals surface area contributed by atoms with Crippen LogP contribution < -0.4 is 15.8 Å². The fraction of sp³-hybridized carbons (Fsp3) is 0.259. The average molecular weight is 469 g/mol. The molecule has 2 fully saturated rings. The summed E-state index contributed by atoms with van der Waals surface area (Å²) in [5, 5.41) is 2.74. The minimum absolute atomic E-state index is 0.144. The van der Waals surface area contributed by atoms with Gasteiger partial charge in [0.2, 0.25) is 11.8 Å².